The van der Waals surface area contributed by atoms with Crippen molar-refractivity contribution in [3.8, 4) is 11.5 Å². The van der Waals surface area contributed by atoms with Gasteiger partial charge in [-0.1, -0.05) is 46.7 Å². The predicted molar refractivity (Wildman–Crippen MR) is 185 cm³/mol. The molecular formula is C36H32ClN3O6S2. The number of hydrogen-bond acceptors (Lipinski definition) is 8. The molecule has 7 unspecified atom stereocenters. The summed E-state index contributed by atoms with van der Waals surface area (Å²) >= 11 is 8.87. The van der Waals surface area contributed by atoms with Crippen molar-refractivity contribution in [3.63, 3.8) is 0 Å². The van der Waals surface area contributed by atoms with Crippen LogP contribution in [-0.4, -0.2) is 41.8 Å². The van der Waals surface area contributed by atoms with Gasteiger partial charge in [-0.05, 0) is 85.2 Å². The Kier molecular flexibility index (Phi) is 7.69. The maximum absolute atomic E-state index is 14.1. The number of nitrogens with zero attached hydrogens (tertiary/aromatic N) is 2. The molecule has 8 rings (SSSR count). The number of hydrogen-bond donors (Lipinski definition) is 1. The number of rotatable bonds is 7. The fraction of sp³-hybridized carbons (Fsp3) is 0.333. The molecule has 246 valence electrons. The molecule has 2 bridgehead atoms. The van der Waals surface area contributed by atoms with Crippen LogP contribution < -0.4 is 24.6 Å². The molecular weight excluding hydrogens is 670 g/mol. The van der Waals surface area contributed by atoms with Gasteiger partial charge >= 0.3 is 4.87 Å². The molecule has 2 aliphatic heterocycles. The van der Waals surface area contributed by atoms with Crippen molar-refractivity contribution in [2.75, 3.05) is 24.4 Å². The Morgan fingerprint density at radius 3 is 2.29 bits per heavy atom. The van der Waals surface area contributed by atoms with Crippen LogP contribution in [0.5, 0.6) is 11.5 Å². The van der Waals surface area contributed by atoms with Crippen molar-refractivity contribution in [3.05, 3.63) is 97.4 Å². The first-order valence-corrected chi connectivity index (χ1v) is 17.9. The van der Waals surface area contributed by atoms with Crippen LogP contribution in [0.25, 0.3) is 0 Å². The van der Waals surface area contributed by atoms with Crippen LogP contribution in [-0.2, 0) is 20.9 Å². The van der Waals surface area contributed by atoms with E-state index in [0.29, 0.717) is 27.9 Å². The van der Waals surface area contributed by atoms with E-state index in [4.69, 9.17) is 21.1 Å². The fourth-order valence-electron chi connectivity index (χ4n) is 8.50. The molecule has 1 saturated heterocycles. The first-order valence-electron chi connectivity index (χ1n) is 15.8. The number of halogens is 1. The number of carbonyl (C=O) groups is 3. The van der Waals surface area contributed by atoms with Crippen molar-refractivity contribution >= 4 is 63.8 Å². The Morgan fingerprint density at radius 1 is 0.917 bits per heavy atom. The number of fused-ring (bicyclic) bond motifs is 9. The summed E-state index contributed by atoms with van der Waals surface area (Å²) in [6, 6.07) is 20.1. The molecule has 7 atom stereocenters. The van der Waals surface area contributed by atoms with Gasteiger partial charge in [-0.3, -0.25) is 28.6 Å². The topological polar surface area (TPSA) is 107 Å². The SMILES string of the molecule is COc1ccc(C2c3sc(=O)n(CC(=O)Nc4ccc(C)cc4)c3SC3C4CC(C5C(=O)N(c6ccc(Cl)cc6)C(=O)C45)C23)cc1OC. The van der Waals surface area contributed by atoms with Crippen LogP contribution in [0.15, 0.2) is 76.6 Å². The summed E-state index contributed by atoms with van der Waals surface area (Å²) < 4.78 is 12.8. The highest BCUT2D eigenvalue weighted by molar-refractivity contribution is 8.00. The first kappa shape index (κ1) is 31.2. The van der Waals surface area contributed by atoms with E-state index in [0.717, 1.165) is 38.8 Å². The third-order valence-corrected chi connectivity index (χ3v) is 13.5. The first-order chi connectivity index (χ1) is 23.2. The van der Waals surface area contributed by atoms with Gasteiger partial charge in [0.25, 0.3) is 0 Å². The van der Waals surface area contributed by atoms with Crippen molar-refractivity contribution in [2.24, 2.45) is 29.6 Å². The second-order valence-corrected chi connectivity index (χ2v) is 15.5. The molecule has 2 saturated carbocycles. The molecule has 4 aromatic rings. The molecule has 3 aromatic carbocycles. The second kappa shape index (κ2) is 11.8. The molecule has 2 aliphatic carbocycles. The largest absolute Gasteiger partial charge is 0.493 e. The van der Waals surface area contributed by atoms with Gasteiger partial charge in [0.1, 0.15) is 6.54 Å². The molecule has 48 heavy (non-hydrogen) atoms. The number of ether oxygens (including phenoxy) is 2. The van der Waals surface area contributed by atoms with E-state index in [-0.39, 0.29) is 58.1 Å². The van der Waals surface area contributed by atoms with Gasteiger partial charge in [0.15, 0.2) is 11.5 Å². The van der Waals surface area contributed by atoms with Crippen molar-refractivity contribution in [1.29, 1.82) is 0 Å². The third-order valence-electron chi connectivity index (χ3n) is 10.4. The van der Waals surface area contributed by atoms with E-state index in [1.807, 2.05) is 49.4 Å². The second-order valence-electron chi connectivity index (χ2n) is 12.9. The van der Waals surface area contributed by atoms with Gasteiger partial charge in [-0.15, -0.1) is 11.8 Å². The molecule has 3 fully saturated rings. The van der Waals surface area contributed by atoms with E-state index < -0.39 is 11.8 Å². The van der Waals surface area contributed by atoms with Gasteiger partial charge in [0, 0.05) is 26.8 Å². The summed E-state index contributed by atoms with van der Waals surface area (Å²) in [6.45, 7) is 1.84. The molecule has 9 nitrogen and oxygen atoms in total. The van der Waals surface area contributed by atoms with Gasteiger partial charge in [0.05, 0.1) is 36.8 Å². The number of carbonyl (C=O) groups excluding carboxylic acids is 3. The number of anilines is 2. The smallest absolute Gasteiger partial charge is 0.308 e. The molecule has 12 heteroatoms. The normalized spacial score (nSPS) is 26.7. The zero-order chi connectivity index (χ0) is 33.4. The summed E-state index contributed by atoms with van der Waals surface area (Å²) in [5.74, 6) is -0.747. The number of aromatic nitrogens is 1. The summed E-state index contributed by atoms with van der Waals surface area (Å²) in [6.07, 6.45) is 0.750. The van der Waals surface area contributed by atoms with E-state index >= 15 is 0 Å². The lowest BCUT2D eigenvalue weighted by molar-refractivity contribution is -0.123. The van der Waals surface area contributed by atoms with Gasteiger partial charge in [-0.2, -0.15) is 0 Å². The highest BCUT2D eigenvalue weighted by atomic mass is 35.5. The molecule has 0 spiro atoms. The highest BCUT2D eigenvalue weighted by Gasteiger charge is 2.69. The number of imide groups is 1. The zero-order valence-electron chi connectivity index (χ0n) is 26.3. The van der Waals surface area contributed by atoms with Crippen LogP contribution in [0.2, 0.25) is 5.02 Å². The highest BCUT2D eigenvalue weighted by Crippen LogP contribution is 2.69. The van der Waals surface area contributed by atoms with Crippen LogP contribution in [0, 0.1) is 36.5 Å². The van der Waals surface area contributed by atoms with Crippen LogP contribution in [0.3, 0.4) is 0 Å². The van der Waals surface area contributed by atoms with Gasteiger partial charge in [-0.25, -0.2) is 0 Å². The minimum Gasteiger partial charge on any atom is -0.493 e. The standard InChI is InChI=1S/C36H32ClN3O6S2/c1-17-4-9-20(10-5-17)38-26(41)16-39-35-32(48-36(39)44)27(18-6-13-24(45-2)25(14-18)46-3)28-22-15-23(31(28)47-35)30-29(22)33(42)40(34(30)43)21-11-7-19(37)8-12-21/h4-14,22-23,27-31H,15-16H2,1-3H3,(H,38,41). The Bertz CT molecular complexity index is 2030. The van der Waals surface area contributed by atoms with E-state index in [2.05, 4.69) is 5.32 Å². The summed E-state index contributed by atoms with van der Waals surface area (Å²) in [5, 5.41) is 4.16. The fourth-order valence-corrected chi connectivity index (χ4v) is 11.8. The Hall–Kier alpha value is -4.06. The van der Waals surface area contributed by atoms with Crippen molar-refractivity contribution in [2.45, 2.75) is 36.1 Å². The lowest BCUT2D eigenvalue weighted by Gasteiger charge is -2.43. The Morgan fingerprint density at radius 2 is 1.60 bits per heavy atom. The van der Waals surface area contributed by atoms with Gasteiger partial charge < -0.3 is 14.8 Å². The van der Waals surface area contributed by atoms with E-state index in [9.17, 15) is 19.2 Å². The van der Waals surface area contributed by atoms with Crippen LogP contribution >= 0.6 is 34.7 Å². The minimum atomic E-state index is -0.442. The Balaban J connectivity index is 1.20. The van der Waals surface area contributed by atoms with Crippen LogP contribution in [0.1, 0.15) is 28.3 Å². The van der Waals surface area contributed by atoms with Crippen molar-refractivity contribution < 1.29 is 23.9 Å². The van der Waals surface area contributed by atoms with Crippen LogP contribution in [0.4, 0.5) is 11.4 Å². The number of aryl methyl sites for hydroxylation is 1. The summed E-state index contributed by atoms with van der Waals surface area (Å²) in [5.41, 5.74) is 3.21. The predicted octanol–water partition coefficient (Wildman–Crippen LogP) is 6.21. The average Bonchev–Trinajstić information content (AvgIpc) is 3.80. The number of amides is 3. The summed E-state index contributed by atoms with van der Waals surface area (Å²) in [7, 11) is 3.17. The molecule has 4 aliphatic rings. The van der Waals surface area contributed by atoms with E-state index in [1.165, 1.54) is 4.90 Å². The Labute approximate surface area is 290 Å². The molecule has 3 amide bonds. The third kappa shape index (κ3) is 4.81. The molecule has 1 N–H and O–H groups in total. The minimum absolute atomic E-state index is 0.0124. The lowest BCUT2D eigenvalue weighted by atomic mass is 9.68. The quantitative estimate of drug-likeness (QED) is 0.229. The zero-order valence-corrected chi connectivity index (χ0v) is 28.7. The lowest BCUT2D eigenvalue weighted by Crippen LogP contribution is -2.43. The maximum Gasteiger partial charge on any atom is 0.308 e. The number of benzene rings is 3. The number of nitrogens with one attached hydrogen (secondary N) is 1. The van der Waals surface area contributed by atoms with E-state index in [1.54, 1.807) is 54.8 Å². The molecule has 1 aromatic heterocycles. The van der Waals surface area contributed by atoms with Gasteiger partial charge in [0.2, 0.25) is 17.7 Å². The molecule has 0 radical (unpaired) electrons. The monoisotopic (exact) mass is 701 g/mol. The summed E-state index contributed by atoms with van der Waals surface area (Å²) in [4.78, 5) is 57.1. The number of thiazole rings is 1. The average molecular weight is 702 g/mol. The molecule has 3 heterocycles. The number of methoxy groups -OCH3 is 2. The maximum atomic E-state index is 14.1. The van der Waals surface area contributed by atoms with Crippen molar-refractivity contribution in [1.82, 2.24) is 4.57 Å². The number of thioether (sulfide) groups is 1.